The van der Waals surface area contributed by atoms with Gasteiger partial charge in [0.25, 0.3) is 11.7 Å². The van der Waals surface area contributed by atoms with Gasteiger partial charge >= 0.3 is 5.97 Å². The minimum atomic E-state index is -1.59. The maximum Gasteiger partial charge on any atom is 0.302 e. The van der Waals surface area contributed by atoms with E-state index in [1.54, 1.807) is 70.7 Å². The van der Waals surface area contributed by atoms with Crippen molar-refractivity contribution in [2.45, 2.75) is 123 Å². The molecule has 7 rings (SSSR count). The highest BCUT2D eigenvalue weighted by atomic mass is 16.7. The summed E-state index contributed by atoms with van der Waals surface area (Å²) >= 11 is 0. The quantitative estimate of drug-likeness (QED) is 0.239. The number of aromatic hydroxyl groups is 1. The highest BCUT2D eigenvalue weighted by Crippen LogP contribution is 2.53. The molecule has 1 spiro atoms. The van der Waals surface area contributed by atoms with E-state index in [0.717, 1.165) is 0 Å². The third-order valence-corrected chi connectivity index (χ3v) is 13.2. The standard InChI is InChI=1S/C45H61N5O11/c1-11-29(52)50-18-16-45(17-19-50)48-33-30-31-38(55)26(7)41-32(30)42(46)44(9,61-41)59-20-15-28(58-10)23(4)40(60-27(8)51)25(6)37(54)24(5)36(53)21(2)13-12-14-22(3)43(57)47-35(39(31)56)34(33)49-45/h12-15,20-21,23-25,28,36-37,40,42,49,53-55H,11,16-19,46H2,1-10H3,(H,47,57)/b13-12+,20-15+,22-14-. The molecule has 0 radical (unpaired) electrons. The highest BCUT2D eigenvalue weighted by Gasteiger charge is 2.54. The molecule has 16 heteroatoms. The maximum absolute atomic E-state index is 14.7. The molecule has 61 heavy (non-hydrogen) atoms. The molecule has 1 fully saturated rings. The number of benzene rings is 1. The summed E-state index contributed by atoms with van der Waals surface area (Å²) in [5.41, 5.74) is 7.54. The summed E-state index contributed by atoms with van der Waals surface area (Å²) < 4.78 is 24.4. The van der Waals surface area contributed by atoms with Gasteiger partial charge in [0.05, 0.1) is 41.5 Å². The number of carbonyl (C=O) groups excluding carboxylic acids is 4. The number of ketones is 1. The molecule has 1 aromatic carbocycles. The molecule has 1 aromatic rings. The molecule has 16 nitrogen and oxygen atoms in total. The number of likely N-dealkylation sites (tertiary alicyclic amines) is 1. The summed E-state index contributed by atoms with van der Waals surface area (Å²) in [6, 6.07) is -1.05. The number of ether oxygens (including phenoxy) is 4. The lowest BCUT2D eigenvalue weighted by Gasteiger charge is -2.38. The number of piperidine rings is 1. The van der Waals surface area contributed by atoms with Crippen LogP contribution in [0.15, 0.2) is 52.5 Å². The normalized spacial score (nSPS) is 34.6. The number of fused-ring (bicyclic) bond motifs is 13. The summed E-state index contributed by atoms with van der Waals surface area (Å²) in [4.78, 5) is 60.7. The number of phenolic OH excluding ortho intramolecular Hbond substituents is 1. The number of hydrogen-bond donors (Lipinski definition) is 6. The topological polar surface area (TPSA) is 232 Å². The first-order chi connectivity index (χ1) is 28.7. The van der Waals surface area contributed by atoms with Crippen LogP contribution in [0.1, 0.15) is 108 Å². The van der Waals surface area contributed by atoms with Crippen molar-refractivity contribution in [3.8, 4) is 11.5 Å². The van der Waals surface area contributed by atoms with Crippen LogP contribution in [0.5, 0.6) is 11.5 Å². The van der Waals surface area contributed by atoms with Gasteiger partial charge in [-0.25, -0.2) is 0 Å². The Balaban J connectivity index is 1.50. The fraction of sp³-hybridized carbons (Fsp3) is 0.578. The summed E-state index contributed by atoms with van der Waals surface area (Å²) in [7, 11) is 1.49. The average Bonchev–Trinajstić information content (AvgIpc) is 3.73. The van der Waals surface area contributed by atoms with Gasteiger partial charge in [-0.1, -0.05) is 52.8 Å². The Hall–Kier alpha value is -5.03. The van der Waals surface area contributed by atoms with Crippen LogP contribution in [0.2, 0.25) is 0 Å². The number of esters is 1. The molecule has 0 saturated carbocycles. The molecule has 10 unspecified atom stereocenters. The Kier molecular flexibility index (Phi) is 13.0. The lowest BCUT2D eigenvalue weighted by Crippen LogP contribution is -2.51. The van der Waals surface area contributed by atoms with E-state index in [1.807, 2.05) is 13.8 Å². The van der Waals surface area contributed by atoms with Crippen LogP contribution in [0, 0.1) is 30.6 Å². The zero-order chi connectivity index (χ0) is 44.9. The van der Waals surface area contributed by atoms with E-state index >= 15 is 0 Å². The van der Waals surface area contributed by atoms with Crippen LogP contribution >= 0.6 is 0 Å². The first kappa shape index (κ1) is 45.5. The zero-order valence-electron chi connectivity index (χ0n) is 36.7. The van der Waals surface area contributed by atoms with Gasteiger partial charge in [0.2, 0.25) is 11.7 Å². The summed E-state index contributed by atoms with van der Waals surface area (Å²) in [6.07, 6.45) is 5.34. The number of nitrogens with two attached hydrogens (primary N) is 1. The van der Waals surface area contributed by atoms with Crippen molar-refractivity contribution >= 4 is 29.3 Å². The summed E-state index contributed by atoms with van der Waals surface area (Å²) in [6.45, 7) is 15.8. The molecule has 10 atom stereocenters. The number of carbonyl (C=O) groups is 4. The van der Waals surface area contributed by atoms with Gasteiger partial charge in [0, 0.05) is 99.2 Å². The van der Waals surface area contributed by atoms with E-state index in [1.165, 1.54) is 20.3 Å². The number of hydrogen-bond acceptors (Lipinski definition) is 14. The number of allylic oxidation sites excluding steroid dienone is 4. The molecule has 0 aromatic heterocycles. The number of amides is 2. The highest BCUT2D eigenvalue weighted by molar-refractivity contribution is 6.31. The Morgan fingerprint density at radius 3 is 2.31 bits per heavy atom. The SMILES string of the molecule is CCC(=O)N1CCC2(CC1)N=C1C(=C3NC(=O)/C(C)=C\C=C\C(C)C(O)C(C)C(O)C(C)C(OC(C)=O)C(C)C(OC)/C=C/OC4(C)Oc5c(C)c(O)c(c1c5C4N)C3=O)N2. The molecule has 5 aliphatic heterocycles. The number of nitrogens with zero attached hydrogens (tertiary/aromatic N) is 2. The van der Waals surface area contributed by atoms with Gasteiger partial charge in [-0.2, -0.15) is 0 Å². The van der Waals surface area contributed by atoms with E-state index in [9.17, 15) is 34.5 Å². The number of nitrogens with one attached hydrogen (secondary N) is 2. The van der Waals surface area contributed by atoms with Crippen LogP contribution in [0.3, 0.4) is 0 Å². The van der Waals surface area contributed by atoms with Crippen molar-refractivity contribution in [2.75, 3.05) is 20.2 Å². The zero-order valence-corrected chi connectivity index (χ0v) is 36.7. The molecule has 7 N–H and O–H groups in total. The Bertz CT molecular complexity index is 2120. The van der Waals surface area contributed by atoms with Gasteiger partial charge in [0.1, 0.15) is 35.0 Å². The van der Waals surface area contributed by atoms with Crippen LogP contribution < -0.4 is 21.1 Å². The molecular formula is C45H61N5O11. The summed E-state index contributed by atoms with van der Waals surface area (Å²) in [5, 5.41) is 41.1. The molecule has 1 saturated heterocycles. The molecule has 332 valence electrons. The van der Waals surface area contributed by atoms with Crippen LogP contribution in [-0.2, 0) is 28.6 Å². The second-order valence-electron chi connectivity index (χ2n) is 17.3. The second-order valence-corrected chi connectivity index (χ2v) is 17.3. The van der Waals surface area contributed by atoms with Gasteiger partial charge in [0.15, 0.2) is 0 Å². The molecule has 6 aliphatic rings. The molecule has 5 bridgehead atoms. The number of aliphatic hydroxyl groups excluding tert-OH is 2. The second kappa shape index (κ2) is 17.4. The number of rotatable bonds is 3. The van der Waals surface area contributed by atoms with Crippen molar-refractivity contribution in [2.24, 2.45) is 34.4 Å². The fourth-order valence-electron chi connectivity index (χ4n) is 9.20. The number of phenols is 1. The van der Waals surface area contributed by atoms with Gasteiger partial charge in [-0.15, -0.1) is 0 Å². The van der Waals surface area contributed by atoms with E-state index in [4.69, 9.17) is 29.7 Å². The van der Waals surface area contributed by atoms with Crippen LogP contribution in [-0.4, -0.2) is 106 Å². The smallest absolute Gasteiger partial charge is 0.302 e. The van der Waals surface area contributed by atoms with Gasteiger partial charge < -0.3 is 55.5 Å². The van der Waals surface area contributed by atoms with Crippen LogP contribution in [0.4, 0.5) is 0 Å². The third-order valence-electron chi connectivity index (χ3n) is 13.2. The Morgan fingerprint density at radius 2 is 1.69 bits per heavy atom. The van der Waals surface area contributed by atoms with Gasteiger partial charge in [-0.3, -0.25) is 24.2 Å². The van der Waals surface area contributed by atoms with Crippen molar-refractivity contribution in [3.05, 3.63) is 69.8 Å². The largest absolute Gasteiger partial charge is 0.507 e. The van der Waals surface area contributed by atoms with E-state index < -0.39 is 83.2 Å². The Labute approximate surface area is 356 Å². The van der Waals surface area contributed by atoms with Gasteiger partial charge in [-0.05, 0) is 19.9 Å². The molecule has 1 aliphatic carbocycles. The molecule has 2 amide bonds. The third kappa shape index (κ3) is 8.22. The van der Waals surface area contributed by atoms with Crippen molar-refractivity contribution < 1.29 is 53.4 Å². The average molecular weight is 848 g/mol. The van der Waals surface area contributed by atoms with E-state index in [0.29, 0.717) is 43.6 Å². The van der Waals surface area contributed by atoms with Crippen LogP contribution in [0.25, 0.3) is 0 Å². The minimum Gasteiger partial charge on any atom is -0.507 e. The maximum atomic E-state index is 14.7. The fourth-order valence-corrected chi connectivity index (χ4v) is 9.20. The minimum absolute atomic E-state index is 0.0189. The van der Waals surface area contributed by atoms with Crippen molar-refractivity contribution in [3.63, 3.8) is 0 Å². The first-order valence-electron chi connectivity index (χ1n) is 21.1. The first-order valence-corrected chi connectivity index (χ1v) is 21.1. The number of aliphatic imine (C=N–C) groups is 1. The lowest BCUT2D eigenvalue weighted by molar-refractivity contribution is -0.160. The van der Waals surface area contributed by atoms with Crippen molar-refractivity contribution in [1.29, 1.82) is 0 Å². The lowest BCUT2D eigenvalue weighted by atomic mass is 9.78. The molecular weight excluding hydrogens is 787 g/mol. The molecule has 5 heterocycles. The predicted octanol–water partition coefficient (Wildman–Crippen LogP) is 3.71. The number of aliphatic hydroxyl groups is 2. The van der Waals surface area contributed by atoms with Crippen molar-refractivity contribution in [1.82, 2.24) is 15.5 Å². The predicted molar refractivity (Wildman–Crippen MR) is 225 cm³/mol. The monoisotopic (exact) mass is 847 g/mol. The number of Topliss-reactive ketones (excluding diaryl/α,β-unsaturated/α-hetero) is 1. The Morgan fingerprint density at radius 1 is 1.02 bits per heavy atom. The number of methoxy groups -OCH3 is 1. The van der Waals surface area contributed by atoms with E-state index in [-0.39, 0.29) is 51.1 Å². The summed E-state index contributed by atoms with van der Waals surface area (Å²) in [5.74, 6) is -5.88. The van der Waals surface area contributed by atoms with E-state index in [2.05, 4.69) is 10.6 Å².